The van der Waals surface area contributed by atoms with Gasteiger partial charge >= 0.3 is 5.97 Å². The molecule has 150 valence electrons. The maximum absolute atomic E-state index is 12.2. The molecule has 6 nitrogen and oxygen atoms in total. The van der Waals surface area contributed by atoms with Crippen LogP contribution in [0.1, 0.15) is 27.9 Å². The van der Waals surface area contributed by atoms with E-state index in [9.17, 15) is 4.79 Å². The van der Waals surface area contributed by atoms with Gasteiger partial charge in [-0.1, -0.05) is 24.0 Å². The molecule has 1 aliphatic rings. The minimum atomic E-state index is -0.387. The maximum atomic E-state index is 12.2. The van der Waals surface area contributed by atoms with Crippen molar-refractivity contribution < 1.29 is 9.53 Å². The van der Waals surface area contributed by atoms with Gasteiger partial charge in [0.05, 0.1) is 18.4 Å². The monoisotopic (exact) mass is 398 g/mol. The van der Waals surface area contributed by atoms with Crippen molar-refractivity contribution in [2.45, 2.75) is 12.5 Å². The van der Waals surface area contributed by atoms with Crippen LogP contribution in [0.4, 0.5) is 5.82 Å². The number of methoxy groups -OCH3 is 1. The summed E-state index contributed by atoms with van der Waals surface area (Å²) in [5, 5.41) is 0. The van der Waals surface area contributed by atoms with Crippen molar-refractivity contribution in [2.75, 3.05) is 25.1 Å². The van der Waals surface area contributed by atoms with E-state index in [1.165, 1.54) is 7.11 Å². The molecule has 0 aliphatic carbocycles. The predicted molar refractivity (Wildman–Crippen MR) is 116 cm³/mol. The van der Waals surface area contributed by atoms with E-state index >= 15 is 0 Å². The highest BCUT2D eigenvalue weighted by molar-refractivity contribution is 5.91. The van der Waals surface area contributed by atoms with E-state index in [-0.39, 0.29) is 12.0 Å². The molecule has 3 heterocycles. The van der Waals surface area contributed by atoms with Crippen LogP contribution in [0.25, 0.3) is 11.3 Å². The molecule has 30 heavy (non-hydrogen) atoms. The van der Waals surface area contributed by atoms with Crippen molar-refractivity contribution in [3.63, 3.8) is 0 Å². The second-order valence-electron chi connectivity index (χ2n) is 7.15. The molecule has 1 atom stereocenters. The second-order valence-corrected chi connectivity index (χ2v) is 7.15. The third-order valence-electron chi connectivity index (χ3n) is 4.97. The fraction of sp³-hybridized carbons (Fsp3) is 0.208. The van der Waals surface area contributed by atoms with Gasteiger partial charge in [-0.05, 0) is 42.8 Å². The lowest BCUT2D eigenvalue weighted by Crippen LogP contribution is -2.27. The first-order chi connectivity index (χ1) is 14.6. The van der Waals surface area contributed by atoms with Crippen molar-refractivity contribution in [1.82, 2.24) is 9.97 Å². The normalized spacial score (nSPS) is 15.4. The summed E-state index contributed by atoms with van der Waals surface area (Å²) in [5.41, 5.74) is 9.87. The Balaban J connectivity index is 1.64. The van der Waals surface area contributed by atoms with Crippen LogP contribution in [0.2, 0.25) is 0 Å². The number of anilines is 1. The molecule has 1 saturated heterocycles. The zero-order valence-electron chi connectivity index (χ0n) is 16.7. The molecule has 0 saturated carbocycles. The molecule has 1 aliphatic heterocycles. The van der Waals surface area contributed by atoms with Gasteiger partial charge in [-0.15, -0.1) is 0 Å². The highest BCUT2D eigenvalue weighted by Gasteiger charge is 2.22. The summed E-state index contributed by atoms with van der Waals surface area (Å²) in [4.78, 5) is 23.1. The molecule has 3 aromatic rings. The Hall–Kier alpha value is -3.69. The quantitative estimate of drug-likeness (QED) is 0.540. The van der Waals surface area contributed by atoms with Gasteiger partial charge in [0.2, 0.25) is 0 Å². The number of nitrogens with two attached hydrogens (primary N) is 1. The minimum absolute atomic E-state index is 0.120. The highest BCUT2D eigenvalue weighted by Crippen LogP contribution is 2.26. The number of pyridine rings is 2. The van der Waals surface area contributed by atoms with Crippen LogP contribution in [0.15, 0.2) is 60.9 Å². The summed E-state index contributed by atoms with van der Waals surface area (Å²) < 4.78 is 4.93. The number of hydrogen-bond donors (Lipinski definition) is 1. The third kappa shape index (κ3) is 4.48. The Kier molecular flexibility index (Phi) is 5.73. The van der Waals surface area contributed by atoms with Crippen LogP contribution < -0.4 is 10.6 Å². The van der Waals surface area contributed by atoms with Gasteiger partial charge in [-0.3, -0.25) is 4.98 Å². The average molecular weight is 398 g/mol. The first-order valence-corrected chi connectivity index (χ1v) is 9.76. The van der Waals surface area contributed by atoms with E-state index in [0.717, 1.165) is 42.0 Å². The van der Waals surface area contributed by atoms with Gasteiger partial charge in [0.1, 0.15) is 5.82 Å². The van der Waals surface area contributed by atoms with Gasteiger partial charge < -0.3 is 15.4 Å². The molecule has 0 amide bonds. The van der Waals surface area contributed by atoms with E-state index in [4.69, 9.17) is 15.5 Å². The van der Waals surface area contributed by atoms with E-state index in [0.29, 0.717) is 11.3 Å². The summed E-state index contributed by atoms with van der Waals surface area (Å²) in [6.45, 7) is 1.54. The van der Waals surface area contributed by atoms with Crippen LogP contribution in [0.3, 0.4) is 0 Å². The van der Waals surface area contributed by atoms with Crippen molar-refractivity contribution in [1.29, 1.82) is 0 Å². The summed E-state index contributed by atoms with van der Waals surface area (Å²) in [5.74, 6) is 6.58. The van der Waals surface area contributed by atoms with E-state index in [2.05, 4.69) is 21.7 Å². The number of nitrogens with zero attached hydrogens (tertiary/aromatic N) is 3. The average Bonchev–Trinajstić information content (AvgIpc) is 3.24. The molecule has 1 fully saturated rings. The number of hydrogen-bond acceptors (Lipinski definition) is 6. The number of aromatic nitrogens is 2. The Morgan fingerprint density at radius 3 is 2.63 bits per heavy atom. The zero-order valence-corrected chi connectivity index (χ0v) is 16.7. The first-order valence-electron chi connectivity index (χ1n) is 9.76. The number of esters is 1. The lowest BCUT2D eigenvalue weighted by molar-refractivity contribution is 0.0600. The van der Waals surface area contributed by atoms with Crippen LogP contribution >= 0.6 is 0 Å². The maximum Gasteiger partial charge on any atom is 0.338 e. The van der Waals surface area contributed by atoms with Gasteiger partial charge in [-0.2, -0.15) is 0 Å². The number of ether oxygens (including phenoxy) is 1. The Bertz CT molecular complexity index is 1100. The third-order valence-corrected chi connectivity index (χ3v) is 4.97. The van der Waals surface area contributed by atoms with E-state index in [1.54, 1.807) is 24.5 Å². The molecule has 0 radical (unpaired) electrons. The largest absolute Gasteiger partial charge is 0.465 e. The van der Waals surface area contributed by atoms with Crippen molar-refractivity contribution in [3.8, 4) is 23.1 Å². The Morgan fingerprint density at radius 2 is 1.97 bits per heavy atom. The summed E-state index contributed by atoms with van der Waals surface area (Å²) in [6, 6.07) is 15.2. The highest BCUT2D eigenvalue weighted by atomic mass is 16.5. The summed E-state index contributed by atoms with van der Waals surface area (Å²) in [7, 11) is 1.38. The molecule has 0 bridgehead atoms. The van der Waals surface area contributed by atoms with E-state index in [1.807, 2.05) is 36.4 Å². The van der Waals surface area contributed by atoms with Crippen molar-refractivity contribution in [2.24, 2.45) is 5.73 Å². The minimum Gasteiger partial charge on any atom is -0.465 e. The van der Waals surface area contributed by atoms with Crippen LogP contribution in [-0.4, -0.2) is 42.2 Å². The summed E-state index contributed by atoms with van der Waals surface area (Å²) in [6.07, 6.45) is 4.36. The molecular formula is C24H22N4O2. The number of rotatable bonds is 3. The Labute approximate surface area is 175 Å². The topological polar surface area (TPSA) is 81.3 Å². The van der Waals surface area contributed by atoms with Gasteiger partial charge in [0, 0.05) is 48.2 Å². The SMILES string of the molecule is COC(=O)c1cc(-c2ccc(C#Cc3cccnc3)cc2)nc(N2CCC(N)C2)c1. The molecule has 0 spiro atoms. The van der Waals surface area contributed by atoms with Crippen molar-refractivity contribution >= 4 is 11.8 Å². The first kappa shape index (κ1) is 19.6. The fourth-order valence-corrected chi connectivity index (χ4v) is 3.36. The van der Waals surface area contributed by atoms with Gasteiger partial charge in [-0.25, -0.2) is 9.78 Å². The predicted octanol–water partition coefficient (Wildman–Crippen LogP) is 2.87. The molecule has 1 aromatic carbocycles. The fourth-order valence-electron chi connectivity index (χ4n) is 3.36. The molecule has 4 rings (SSSR count). The molecular weight excluding hydrogens is 376 g/mol. The number of benzene rings is 1. The smallest absolute Gasteiger partial charge is 0.338 e. The zero-order chi connectivity index (χ0) is 20.9. The molecule has 1 unspecified atom stereocenters. The molecule has 2 aromatic heterocycles. The van der Waals surface area contributed by atoms with E-state index < -0.39 is 0 Å². The standard InChI is InChI=1S/C24H22N4O2/c1-30-24(29)20-13-22(27-23(14-20)28-12-10-21(25)16-28)19-8-6-17(7-9-19)4-5-18-3-2-11-26-15-18/h2-3,6-9,11,13-15,21H,10,12,16,25H2,1H3. The lowest BCUT2D eigenvalue weighted by Gasteiger charge is -2.18. The second kappa shape index (κ2) is 8.76. The Morgan fingerprint density at radius 1 is 1.17 bits per heavy atom. The van der Waals surface area contributed by atoms with Gasteiger partial charge in [0.15, 0.2) is 0 Å². The van der Waals surface area contributed by atoms with Crippen molar-refractivity contribution in [3.05, 3.63) is 77.6 Å². The summed E-state index contributed by atoms with van der Waals surface area (Å²) >= 11 is 0. The molecule has 6 heteroatoms. The van der Waals surface area contributed by atoms with Crippen LogP contribution in [0, 0.1) is 11.8 Å². The number of carbonyl (C=O) groups is 1. The molecule has 2 N–H and O–H groups in total. The number of carbonyl (C=O) groups excluding carboxylic acids is 1. The lowest BCUT2D eigenvalue weighted by atomic mass is 10.1. The van der Waals surface area contributed by atoms with Crippen LogP contribution in [0.5, 0.6) is 0 Å². The van der Waals surface area contributed by atoms with Crippen LogP contribution in [-0.2, 0) is 4.74 Å². The van der Waals surface area contributed by atoms with Gasteiger partial charge in [0.25, 0.3) is 0 Å².